The fraction of sp³-hybridized carbons (Fsp3) is 0.458. The third-order valence-corrected chi connectivity index (χ3v) is 4.80. The molecule has 1 aromatic carbocycles. The van der Waals surface area contributed by atoms with Crippen molar-refractivity contribution >= 4 is 5.91 Å². The maximum Gasteiger partial charge on any atom is 0.219 e. The smallest absolute Gasteiger partial charge is 0.219 e. The molecule has 0 radical (unpaired) electrons. The van der Waals surface area contributed by atoms with Gasteiger partial charge < -0.3 is 15.2 Å². The average molecular weight is 384 g/mol. The van der Waals surface area contributed by atoms with Gasteiger partial charge in [0.2, 0.25) is 5.91 Å². The van der Waals surface area contributed by atoms with Crippen LogP contribution in [0.4, 0.5) is 0 Å². The van der Waals surface area contributed by atoms with Crippen molar-refractivity contribution in [3.8, 4) is 0 Å². The molecule has 0 aromatic heterocycles. The maximum absolute atomic E-state index is 11.4. The van der Waals surface area contributed by atoms with Crippen molar-refractivity contribution in [2.45, 2.75) is 57.7 Å². The van der Waals surface area contributed by atoms with Crippen molar-refractivity contribution in [3.05, 3.63) is 72.5 Å². The molecule has 4 nitrogen and oxygen atoms in total. The summed E-state index contributed by atoms with van der Waals surface area (Å²) in [6.07, 6.45) is 16.3. The van der Waals surface area contributed by atoms with Crippen LogP contribution in [0.15, 0.2) is 67.0 Å². The van der Waals surface area contributed by atoms with E-state index in [9.17, 15) is 9.90 Å². The second kappa shape index (κ2) is 12.9. The summed E-state index contributed by atoms with van der Waals surface area (Å²) in [5.74, 6) is 0.413. The monoisotopic (exact) mass is 383 g/mol. The third kappa shape index (κ3) is 8.57. The number of hydrogen-bond donors (Lipinski definition) is 2. The number of hydrogen-bond acceptors (Lipinski definition) is 3. The molecule has 0 unspecified atom stereocenters. The van der Waals surface area contributed by atoms with Crippen molar-refractivity contribution in [2.24, 2.45) is 5.92 Å². The van der Waals surface area contributed by atoms with E-state index in [1.165, 1.54) is 5.56 Å². The third-order valence-electron chi connectivity index (χ3n) is 4.80. The van der Waals surface area contributed by atoms with Crippen LogP contribution in [0.1, 0.15) is 44.6 Å². The molecule has 0 saturated carbocycles. The number of rotatable bonds is 12. The Labute approximate surface area is 169 Å². The molecule has 0 saturated heterocycles. The quantitative estimate of drug-likeness (QED) is 0.417. The Morgan fingerprint density at radius 3 is 2.89 bits per heavy atom. The molecule has 0 spiro atoms. The molecule has 1 aliphatic heterocycles. The highest BCUT2D eigenvalue weighted by molar-refractivity contribution is 5.75. The van der Waals surface area contributed by atoms with Crippen molar-refractivity contribution in [3.63, 3.8) is 0 Å². The Morgan fingerprint density at radius 2 is 2.11 bits per heavy atom. The maximum atomic E-state index is 11.4. The van der Waals surface area contributed by atoms with Crippen LogP contribution in [-0.4, -0.2) is 29.8 Å². The normalized spacial score (nSPS) is 19.9. The van der Waals surface area contributed by atoms with Crippen LogP contribution < -0.4 is 5.32 Å². The molecule has 0 fully saturated rings. The molecule has 2 N–H and O–H groups in total. The first-order chi connectivity index (χ1) is 13.7. The first kappa shape index (κ1) is 22.0. The van der Waals surface area contributed by atoms with Gasteiger partial charge in [0.15, 0.2) is 0 Å². The van der Waals surface area contributed by atoms with Gasteiger partial charge in [0.05, 0.1) is 12.4 Å². The van der Waals surface area contributed by atoms with Crippen LogP contribution in [0.25, 0.3) is 0 Å². The van der Waals surface area contributed by atoms with Crippen LogP contribution in [0.5, 0.6) is 0 Å². The number of aliphatic hydroxyl groups excluding tert-OH is 1. The van der Waals surface area contributed by atoms with Crippen molar-refractivity contribution < 1.29 is 14.6 Å². The zero-order valence-corrected chi connectivity index (χ0v) is 16.8. The Morgan fingerprint density at radius 1 is 1.29 bits per heavy atom. The molecule has 1 amide bonds. The molecule has 28 heavy (non-hydrogen) atoms. The highest BCUT2D eigenvalue weighted by Crippen LogP contribution is 2.23. The van der Waals surface area contributed by atoms with E-state index in [0.29, 0.717) is 19.4 Å². The van der Waals surface area contributed by atoms with Crippen LogP contribution >= 0.6 is 0 Å². The van der Waals surface area contributed by atoms with Crippen LogP contribution in [-0.2, 0) is 16.0 Å². The number of amides is 1. The minimum atomic E-state index is -0.463. The van der Waals surface area contributed by atoms with Gasteiger partial charge in [0.25, 0.3) is 0 Å². The minimum Gasteiger partial charge on any atom is -0.494 e. The number of nitrogens with one attached hydrogen (secondary N) is 1. The number of aliphatic hydroxyl groups is 1. The van der Waals surface area contributed by atoms with Gasteiger partial charge in [-0.25, -0.2) is 0 Å². The Bertz CT molecular complexity index is 651. The van der Waals surface area contributed by atoms with Crippen molar-refractivity contribution in [2.75, 3.05) is 6.54 Å². The summed E-state index contributed by atoms with van der Waals surface area (Å²) in [6.45, 7) is 2.63. The van der Waals surface area contributed by atoms with Gasteiger partial charge in [0, 0.05) is 18.9 Å². The van der Waals surface area contributed by atoms with E-state index in [1.54, 1.807) is 6.26 Å². The van der Waals surface area contributed by atoms with E-state index in [-0.39, 0.29) is 17.9 Å². The standard InChI is InChI=1S/C24H33NO3/c1-2-25-24(27)13-9-4-3-8-12-21-18-19-28-23(21)17-16-22(26)15-14-20-10-6-5-7-11-20/h3,5-8,10-11,16-19,21-23,26H,2,4,9,12-15H2,1H3,(H,25,27)/b8-3-,17-16+/t21-,22-,23+/m0/s1. The number of benzene rings is 1. The summed E-state index contributed by atoms with van der Waals surface area (Å²) in [7, 11) is 0. The number of unbranched alkanes of at least 4 members (excludes halogenated alkanes) is 1. The van der Waals surface area contributed by atoms with Crippen LogP contribution in [0.3, 0.4) is 0 Å². The summed E-state index contributed by atoms with van der Waals surface area (Å²) in [4.78, 5) is 11.4. The Hall–Kier alpha value is -2.33. The summed E-state index contributed by atoms with van der Waals surface area (Å²) in [6, 6.07) is 10.2. The lowest BCUT2D eigenvalue weighted by Gasteiger charge is -2.14. The van der Waals surface area contributed by atoms with Crippen molar-refractivity contribution in [1.82, 2.24) is 5.32 Å². The number of aryl methyl sites for hydroxylation is 1. The summed E-state index contributed by atoms with van der Waals surface area (Å²) in [5.41, 5.74) is 1.24. The minimum absolute atomic E-state index is 0.0219. The summed E-state index contributed by atoms with van der Waals surface area (Å²) < 4.78 is 5.65. The second-order valence-corrected chi connectivity index (χ2v) is 7.12. The lowest BCUT2D eigenvalue weighted by atomic mass is 9.98. The molecule has 0 bridgehead atoms. The number of allylic oxidation sites excluding steroid dienone is 2. The second-order valence-electron chi connectivity index (χ2n) is 7.12. The molecular weight excluding hydrogens is 350 g/mol. The molecule has 0 aliphatic carbocycles. The highest BCUT2D eigenvalue weighted by Gasteiger charge is 2.20. The van der Waals surface area contributed by atoms with E-state index in [2.05, 4.69) is 35.7 Å². The lowest BCUT2D eigenvalue weighted by Crippen LogP contribution is -2.21. The number of ether oxygens (including phenoxy) is 1. The van der Waals surface area contributed by atoms with Crippen LogP contribution in [0.2, 0.25) is 0 Å². The summed E-state index contributed by atoms with van der Waals surface area (Å²) in [5, 5.41) is 13.0. The zero-order chi connectivity index (χ0) is 20.0. The van der Waals surface area contributed by atoms with E-state index < -0.39 is 6.10 Å². The SMILES string of the molecule is CCNC(=O)CCC/C=C\C[C@H]1C=CO[C@@H]1/C=C/[C@@H](O)CCc1ccccc1. The molecule has 3 atom stereocenters. The largest absolute Gasteiger partial charge is 0.494 e. The zero-order valence-electron chi connectivity index (χ0n) is 16.8. The Balaban J connectivity index is 1.65. The predicted molar refractivity (Wildman–Crippen MR) is 114 cm³/mol. The van der Waals surface area contributed by atoms with Crippen molar-refractivity contribution in [1.29, 1.82) is 0 Å². The van der Waals surface area contributed by atoms with Gasteiger partial charge in [-0.15, -0.1) is 0 Å². The molecule has 1 aliphatic rings. The van der Waals surface area contributed by atoms with E-state index in [4.69, 9.17) is 4.74 Å². The molecule has 1 heterocycles. The molecule has 4 heteroatoms. The van der Waals surface area contributed by atoms with Gasteiger partial charge in [-0.1, -0.05) is 48.6 Å². The highest BCUT2D eigenvalue weighted by atomic mass is 16.5. The number of carbonyl (C=O) groups is 1. The van der Waals surface area contributed by atoms with Gasteiger partial charge in [-0.2, -0.15) is 0 Å². The number of carbonyl (C=O) groups excluding carboxylic acids is 1. The lowest BCUT2D eigenvalue weighted by molar-refractivity contribution is -0.121. The first-order valence-corrected chi connectivity index (χ1v) is 10.3. The van der Waals surface area contributed by atoms with E-state index >= 15 is 0 Å². The van der Waals surface area contributed by atoms with Gasteiger partial charge in [-0.05, 0) is 56.7 Å². The molecule has 2 rings (SSSR count). The first-order valence-electron chi connectivity index (χ1n) is 10.3. The fourth-order valence-corrected chi connectivity index (χ4v) is 3.18. The molecule has 1 aromatic rings. The van der Waals surface area contributed by atoms with Gasteiger partial charge >= 0.3 is 0 Å². The van der Waals surface area contributed by atoms with E-state index in [0.717, 1.165) is 25.7 Å². The Kier molecular flexibility index (Phi) is 10.2. The van der Waals surface area contributed by atoms with Crippen LogP contribution in [0, 0.1) is 5.92 Å². The van der Waals surface area contributed by atoms with E-state index in [1.807, 2.05) is 37.3 Å². The van der Waals surface area contributed by atoms with Gasteiger partial charge in [-0.3, -0.25) is 4.79 Å². The summed E-state index contributed by atoms with van der Waals surface area (Å²) >= 11 is 0. The topological polar surface area (TPSA) is 58.6 Å². The molecular formula is C24H33NO3. The fourth-order valence-electron chi connectivity index (χ4n) is 3.18. The predicted octanol–water partition coefficient (Wildman–Crippen LogP) is 4.32. The van der Waals surface area contributed by atoms with Gasteiger partial charge in [0.1, 0.15) is 6.10 Å². The average Bonchev–Trinajstić information content (AvgIpc) is 3.16. The molecule has 152 valence electrons.